The second-order valence-electron chi connectivity index (χ2n) is 4.91. The Morgan fingerprint density at radius 2 is 2.32 bits per heavy atom. The van der Waals surface area contributed by atoms with Crippen molar-refractivity contribution in [2.75, 3.05) is 25.6 Å². The summed E-state index contributed by atoms with van der Waals surface area (Å²) in [5.74, 6) is 2.14. The van der Waals surface area contributed by atoms with Gasteiger partial charge in [-0.05, 0) is 24.3 Å². The molecule has 0 saturated heterocycles. The molecule has 0 saturated carbocycles. The minimum Gasteiger partial charge on any atom is -0.497 e. The number of nitrogens with zero attached hydrogens (tertiary/aromatic N) is 2. The lowest BCUT2D eigenvalue weighted by Gasteiger charge is -2.29. The number of amidine groups is 1. The van der Waals surface area contributed by atoms with Crippen molar-refractivity contribution in [3.05, 3.63) is 64.8 Å². The molecule has 0 aliphatic carbocycles. The highest BCUT2D eigenvalue weighted by molar-refractivity contribution is 6.30. The Bertz CT molecular complexity index is 707. The average molecular weight is 318 g/mol. The molecule has 0 radical (unpaired) electrons. The van der Waals surface area contributed by atoms with E-state index in [1.165, 1.54) is 0 Å². The highest BCUT2D eigenvalue weighted by Crippen LogP contribution is 2.23. The normalized spacial score (nSPS) is 17.0. The molecule has 0 bridgehead atoms. The summed E-state index contributed by atoms with van der Waals surface area (Å²) < 4.78 is 5.23. The lowest BCUT2D eigenvalue weighted by molar-refractivity contribution is 0.302. The summed E-state index contributed by atoms with van der Waals surface area (Å²) in [5, 5.41) is 13.5. The lowest BCUT2D eigenvalue weighted by atomic mass is 10.1. The van der Waals surface area contributed by atoms with Gasteiger partial charge in [0, 0.05) is 28.6 Å². The maximum absolute atomic E-state index is 9.60. The number of anilines is 1. The molecule has 2 N–H and O–H groups in total. The summed E-state index contributed by atoms with van der Waals surface area (Å²) in [6.45, 7) is 0.507. The molecule has 5 nitrogen and oxygen atoms in total. The van der Waals surface area contributed by atoms with Crippen molar-refractivity contribution in [1.82, 2.24) is 4.90 Å². The van der Waals surface area contributed by atoms with E-state index in [1.807, 2.05) is 47.5 Å². The van der Waals surface area contributed by atoms with E-state index in [4.69, 9.17) is 16.3 Å². The van der Waals surface area contributed by atoms with Gasteiger partial charge in [-0.2, -0.15) is 0 Å². The molecule has 114 valence electrons. The Hall–Kier alpha value is -2.24. The maximum atomic E-state index is 9.60. The van der Waals surface area contributed by atoms with Crippen molar-refractivity contribution >= 4 is 23.1 Å². The van der Waals surface area contributed by atoms with E-state index in [-0.39, 0.29) is 6.61 Å². The minimum absolute atomic E-state index is 0.0646. The van der Waals surface area contributed by atoms with Gasteiger partial charge in [-0.15, -0.1) is 0 Å². The SMILES string of the molecule is COC1=CC2=NC(Nc3cccc(Cl)c3)=C(CO)CN2C=C1. The van der Waals surface area contributed by atoms with Crippen LogP contribution in [0.2, 0.25) is 5.02 Å². The molecule has 0 atom stereocenters. The van der Waals surface area contributed by atoms with Gasteiger partial charge < -0.3 is 20.1 Å². The van der Waals surface area contributed by atoms with Crippen LogP contribution in [0.4, 0.5) is 5.69 Å². The highest BCUT2D eigenvalue weighted by Gasteiger charge is 2.21. The summed E-state index contributed by atoms with van der Waals surface area (Å²) in [6.07, 6.45) is 5.61. The van der Waals surface area contributed by atoms with E-state index in [0.717, 1.165) is 22.9 Å². The zero-order valence-electron chi connectivity index (χ0n) is 12.1. The number of benzene rings is 1. The van der Waals surface area contributed by atoms with Gasteiger partial charge >= 0.3 is 0 Å². The molecule has 3 rings (SSSR count). The zero-order valence-corrected chi connectivity index (χ0v) is 12.8. The molecule has 0 amide bonds. The third-order valence-electron chi connectivity index (χ3n) is 3.42. The standard InChI is InChI=1S/C16H16ClN3O2/c1-22-14-5-6-20-9-11(10-21)16(19-15(20)8-14)18-13-4-2-3-12(17)7-13/h2-8,18,21H,9-10H2,1H3. The molecule has 1 aromatic rings. The van der Waals surface area contributed by atoms with E-state index < -0.39 is 0 Å². The fourth-order valence-electron chi connectivity index (χ4n) is 2.27. The van der Waals surface area contributed by atoms with Crippen LogP contribution in [0.15, 0.2) is 64.8 Å². The predicted molar refractivity (Wildman–Crippen MR) is 87.6 cm³/mol. The first-order valence-corrected chi connectivity index (χ1v) is 7.22. The van der Waals surface area contributed by atoms with Gasteiger partial charge in [-0.25, -0.2) is 4.99 Å². The first-order chi connectivity index (χ1) is 10.7. The molecule has 0 unspecified atom stereocenters. The second-order valence-corrected chi connectivity index (χ2v) is 5.35. The summed E-state index contributed by atoms with van der Waals surface area (Å²) in [5.41, 5.74) is 1.64. The number of ether oxygens (including phenoxy) is 1. The average Bonchev–Trinajstić information content (AvgIpc) is 2.53. The number of aliphatic hydroxyl groups is 1. The molecular weight excluding hydrogens is 302 g/mol. The predicted octanol–water partition coefficient (Wildman–Crippen LogP) is 2.73. The molecule has 0 aromatic heterocycles. The first-order valence-electron chi connectivity index (χ1n) is 6.84. The van der Waals surface area contributed by atoms with Gasteiger partial charge in [0.2, 0.25) is 0 Å². The second kappa shape index (κ2) is 6.25. The van der Waals surface area contributed by atoms with Crippen LogP contribution in [-0.4, -0.2) is 36.1 Å². The minimum atomic E-state index is -0.0646. The number of rotatable bonds is 4. The van der Waals surface area contributed by atoms with Crippen LogP contribution in [0.1, 0.15) is 0 Å². The summed E-state index contributed by atoms with van der Waals surface area (Å²) in [6, 6.07) is 7.38. The van der Waals surface area contributed by atoms with E-state index in [0.29, 0.717) is 17.4 Å². The molecule has 2 aliphatic heterocycles. The molecule has 22 heavy (non-hydrogen) atoms. The van der Waals surface area contributed by atoms with Crippen molar-refractivity contribution in [1.29, 1.82) is 0 Å². The largest absolute Gasteiger partial charge is 0.497 e. The number of halogens is 1. The Labute approximate surface area is 133 Å². The van der Waals surface area contributed by atoms with Crippen LogP contribution in [0.5, 0.6) is 0 Å². The number of methoxy groups -OCH3 is 1. The maximum Gasteiger partial charge on any atom is 0.138 e. The molecule has 6 heteroatoms. The van der Waals surface area contributed by atoms with Gasteiger partial charge in [0.1, 0.15) is 17.4 Å². The number of hydrogen-bond donors (Lipinski definition) is 2. The summed E-state index contributed by atoms with van der Waals surface area (Å²) in [7, 11) is 1.62. The van der Waals surface area contributed by atoms with Crippen LogP contribution in [-0.2, 0) is 4.74 Å². The van der Waals surface area contributed by atoms with E-state index in [9.17, 15) is 5.11 Å². The van der Waals surface area contributed by atoms with Crippen LogP contribution >= 0.6 is 11.6 Å². The van der Waals surface area contributed by atoms with Crippen molar-refractivity contribution in [2.45, 2.75) is 0 Å². The molecule has 2 heterocycles. The smallest absolute Gasteiger partial charge is 0.138 e. The molecule has 0 spiro atoms. The van der Waals surface area contributed by atoms with Crippen molar-refractivity contribution < 1.29 is 9.84 Å². The van der Waals surface area contributed by atoms with Gasteiger partial charge in [-0.3, -0.25) is 0 Å². The van der Waals surface area contributed by atoms with Crippen LogP contribution < -0.4 is 5.32 Å². The Balaban J connectivity index is 1.91. The Kier molecular flexibility index (Phi) is 4.18. The van der Waals surface area contributed by atoms with Gasteiger partial charge in [0.15, 0.2) is 0 Å². The number of aliphatic imine (C=N–C) groups is 1. The third kappa shape index (κ3) is 3.00. The van der Waals surface area contributed by atoms with E-state index in [1.54, 1.807) is 7.11 Å². The molecule has 2 aliphatic rings. The van der Waals surface area contributed by atoms with Crippen molar-refractivity contribution in [2.24, 2.45) is 4.99 Å². The van der Waals surface area contributed by atoms with Crippen LogP contribution in [0.3, 0.4) is 0 Å². The van der Waals surface area contributed by atoms with Crippen molar-refractivity contribution in [3.63, 3.8) is 0 Å². The van der Waals surface area contributed by atoms with E-state index in [2.05, 4.69) is 10.3 Å². The van der Waals surface area contributed by atoms with Crippen LogP contribution in [0.25, 0.3) is 0 Å². The van der Waals surface area contributed by atoms with Gasteiger partial charge in [0.05, 0.1) is 20.3 Å². The summed E-state index contributed by atoms with van der Waals surface area (Å²) in [4.78, 5) is 6.54. The van der Waals surface area contributed by atoms with Gasteiger partial charge in [-0.1, -0.05) is 17.7 Å². The quantitative estimate of drug-likeness (QED) is 0.896. The Morgan fingerprint density at radius 3 is 3.05 bits per heavy atom. The number of hydrogen-bond acceptors (Lipinski definition) is 5. The van der Waals surface area contributed by atoms with Gasteiger partial charge in [0.25, 0.3) is 0 Å². The number of fused-ring (bicyclic) bond motifs is 1. The number of nitrogens with one attached hydrogen (secondary N) is 1. The first kappa shape index (κ1) is 14.7. The van der Waals surface area contributed by atoms with Crippen molar-refractivity contribution in [3.8, 4) is 0 Å². The topological polar surface area (TPSA) is 57.1 Å². The molecular formula is C16H16ClN3O2. The molecule has 0 fully saturated rings. The fraction of sp³-hybridized carbons (Fsp3) is 0.188. The zero-order chi connectivity index (χ0) is 15.5. The Morgan fingerprint density at radius 1 is 1.45 bits per heavy atom. The fourth-order valence-corrected chi connectivity index (χ4v) is 2.46. The monoisotopic (exact) mass is 317 g/mol. The van der Waals surface area contributed by atoms with E-state index >= 15 is 0 Å². The summed E-state index contributed by atoms with van der Waals surface area (Å²) >= 11 is 6.00. The number of aliphatic hydroxyl groups excluding tert-OH is 1. The third-order valence-corrected chi connectivity index (χ3v) is 3.66. The molecule has 1 aromatic carbocycles. The van der Waals surface area contributed by atoms with Crippen LogP contribution in [0, 0.1) is 0 Å². The highest BCUT2D eigenvalue weighted by atomic mass is 35.5. The lowest BCUT2D eigenvalue weighted by Crippen LogP contribution is -2.34. The number of allylic oxidation sites excluding steroid dienone is 1.